The molecule has 5 nitrogen and oxygen atoms in total. The standard InChI is InChI=1S/C33H62O5Si2/c1-16-17-20-33(9,10)28(38-40(14,15)32(6,7)8)19-18-24-25-21-23(2)29(36-30(34)35-11)26(25)22-27(24)37-39(12,13)31(3,4)5/h18-19,24-29H,2,16-17,20-22H2,1,3-15H3/b19-18+/t24-,25+,26-,27+,28-,29?/m0/s1. The van der Waals surface area contributed by atoms with Gasteiger partial charge in [0.2, 0.25) is 0 Å². The molecule has 0 aromatic rings. The summed E-state index contributed by atoms with van der Waals surface area (Å²) < 4.78 is 24.9. The molecule has 0 bridgehead atoms. The quantitative estimate of drug-likeness (QED) is 0.135. The van der Waals surface area contributed by atoms with Crippen molar-refractivity contribution in [2.75, 3.05) is 7.11 Å². The molecule has 7 heteroatoms. The molecule has 2 fully saturated rings. The Balaban J connectivity index is 2.50. The fourth-order valence-corrected chi connectivity index (χ4v) is 8.50. The largest absolute Gasteiger partial charge is 0.508 e. The fourth-order valence-electron chi connectivity index (χ4n) is 5.75. The Labute approximate surface area is 249 Å². The number of methoxy groups -OCH3 is 1. The summed E-state index contributed by atoms with van der Waals surface area (Å²) in [6, 6.07) is 0. The van der Waals surface area contributed by atoms with Crippen LogP contribution in [0.25, 0.3) is 0 Å². The van der Waals surface area contributed by atoms with Crippen LogP contribution in [0.1, 0.15) is 94.4 Å². The number of unbranched alkanes of at least 4 members (excludes halogenated alkanes) is 1. The van der Waals surface area contributed by atoms with Crippen LogP contribution in [0.2, 0.25) is 36.3 Å². The van der Waals surface area contributed by atoms with Crippen LogP contribution in [-0.2, 0) is 18.3 Å². The van der Waals surface area contributed by atoms with Gasteiger partial charge in [-0.1, -0.05) is 93.9 Å². The zero-order valence-corrected chi connectivity index (χ0v) is 30.4. The molecule has 232 valence electrons. The smallest absolute Gasteiger partial charge is 0.438 e. The van der Waals surface area contributed by atoms with Crippen molar-refractivity contribution in [2.45, 2.75) is 149 Å². The minimum atomic E-state index is -2.02. The Kier molecular flexibility index (Phi) is 11.3. The van der Waals surface area contributed by atoms with E-state index in [1.807, 2.05) is 0 Å². The average Bonchev–Trinajstić information content (AvgIpc) is 3.27. The van der Waals surface area contributed by atoms with Gasteiger partial charge in [-0.25, -0.2) is 4.79 Å². The van der Waals surface area contributed by atoms with Crippen molar-refractivity contribution >= 4 is 22.8 Å². The maximum absolute atomic E-state index is 12.1. The van der Waals surface area contributed by atoms with Gasteiger partial charge in [-0.05, 0) is 72.4 Å². The molecule has 0 heterocycles. The molecule has 0 aromatic carbocycles. The van der Waals surface area contributed by atoms with E-state index < -0.39 is 22.8 Å². The minimum absolute atomic E-state index is 0.0195. The maximum Gasteiger partial charge on any atom is 0.508 e. The molecule has 1 unspecified atom stereocenters. The Morgan fingerprint density at radius 2 is 1.57 bits per heavy atom. The van der Waals surface area contributed by atoms with Crippen LogP contribution >= 0.6 is 0 Å². The molecule has 40 heavy (non-hydrogen) atoms. The Bertz CT molecular complexity index is 909. The molecule has 2 aliphatic carbocycles. The van der Waals surface area contributed by atoms with Crippen molar-refractivity contribution in [1.29, 1.82) is 0 Å². The number of carbonyl (C=O) groups excluding carboxylic acids is 1. The first kappa shape index (κ1) is 35.3. The predicted molar refractivity (Wildman–Crippen MR) is 173 cm³/mol. The normalized spacial score (nSPS) is 27.2. The lowest BCUT2D eigenvalue weighted by atomic mass is 9.80. The second kappa shape index (κ2) is 12.8. The van der Waals surface area contributed by atoms with Crippen molar-refractivity contribution < 1.29 is 23.1 Å². The van der Waals surface area contributed by atoms with E-state index in [1.54, 1.807) is 0 Å². The molecule has 0 amide bonds. The maximum atomic E-state index is 12.1. The van der Waals surface area contributed by atoms with Crippen molar-refractivity contribution in [2.24, 2.45) is 23.2 Å². The first-order valence-electron chi connectivity index (χ1n) is 15.5. The van der Waals surface area contributed by atoms with Gasteiger partial charge < -0.3 is 18.3 Å². The lowest BCUT2D eigenvalue weighted by Crippen LogP contribution is -2.47. The topological polar surface area (TPSA) is 54.0 Å². The van der Waals surface area contributed by atoms with E-state index >= 15 is 0 Å². The van der Waals surface area contributed by atoms with Gasteiger partial charge in [-0.2, -0.15) is 0 Å². The van der Waals surface area contributed by atoms with E-state index in [9.17, 15) is 4.79 Å². The SMILES string of the molecule is C=C1C[C@@H]2[C@H](/C=C/[C@H](O[Si](C)(C)C(C)(C)C)C(C)(C)CCCC)[C@H](O[Si](C)(C)C(C)(C)C)C[C@@H]2C1OC(=O)OC. The van der Waals surface area contributed by atoms with Crippen LogP contribution in [0.4, 0.5) is 4.79 Å². The molecular formula is C33H62O5Si2. The van der Waals surface area contributed by atoms with E-state index in [2.05, 4.69) is 107 Å². The zero-order chi connectivity index (χ0) is 30.9. The molecule has 2 rings (SSSR count). The van der Waals surface area contributed by atoms with Crippen LogP contribution in [-0.4, -0.2) is 48.2 Å². The summed E-state index contributed by atoms with van der Waals surface area (Å²) >= 11 is 0. The second-order valence-corrected chi connectivity index (χ2v) is 25.7. The summed E-state index contributed by atoms with van der Waals surface area (Å²) in [6.45, 7) is 34.5. The van der Waals surface area contributed by atoms with E-state index in [-0.39, 0.29) is 45.6 Å². The first-order chi connectivity index (χ1) is 18.1. The molecule has 0 aliphatic heterocycles. The highest BCUT2D eigenvalue weighted by molar-refractivity contribution is 6.74. The summed E-state index contributed by atoms with van der Waals surface area (Å²) in [5.74, 6) is 0.721. The summed E-state index contributed by atoms with van der Waals surface area (Å²) in [5.41, 5.74) is 1.01. The highest BCUT2D eigenvalue weighted by Gasteiger charge is 2.54. The van der Waals surface area contributed by atoms with Gasteiger partial charge in [0, 0.05) is 11.8 Å². The van der Waals surface area contributed by atoms with Crippen LogP contribution in [0.5, 0.6) is 0 Å². The van der Waals surface area contributed by atoms with Crippen LogP contribution in [0.3, 0.4) is 0 Å². The highest BCUT2D eigenvalue weighted by Crippen LogP contribution is 2.54. The van der Waals surface area contributed by atoms with Gasteiger partial charge in [0.15, 0.2) is 16.6 Å². The average molecular weight is 595 g/mol. The molecule has 0 N–H and O–H groups in total. The van der Waals surface area contributed by atoms with Gasteiger partial charge in [0.05, 0.1) is 19.3 Å². The minimum Gasteiger partial charge on any atom is -0.438 e. The first-order valence-corrected chi connectivity index (χ1v) is 21.4. The van der Waals surface area contributed by atoms with Gasteiger partial charge in [-0.3, -0.25) is 0 Å². The van der Waals surface area contributed by atoms with E-state index in [1.165, 1.54) is 20.0 Å². The highest BCUT2D eigenvalue weighted by atomic mass is 28.4. The summed E-state index contributed by atoms with van der Waals surface area (Å²) in [4.78, 5) is 12.1. The third-order valence-corrected chi connectivity index (χ3v) is 19.6. The zero-order valence-electron chi connectivity index (χ0n) is 28.4. The fraction of sp³-hybridized carbons (Fsp3) is 0.848. The Morgan fingerprint density at radius 3 is 2.08 bits per heavy atom. The number of fused-ring (bicyclic) bond motifs is 1. The van der Waals surface area contributed by atoms with Gasteiger partial charge in [-0.15, -0.1) is 0 Å². The van der Waals surface area contributed by atoms with Gasteiger partial charge >= 0.3 is 6.16 Å². The van der Waals surface area contributed by atoms with E-state index in [4.69, 9.17) is 18.3 Å². The molecule has 0 radical (unpaired) electrons. The van der Waals surface area contributed by atoms with Crippen molar-refractivity contribution in [3.63, 3.8) is 0 Å². The lowest BCUT2D eigenvalue weighted by Gasteiger charge is -2.44. The number of carbonyl (C=O) groups is 1. The Hall–Kier alpha value is -0.896. The Morgan fingerprint density at radius 1 is 1.00 bits per heavy atom. The molecule has 0 aromatic heterocycles. The summed E-state index contributed by atoms with van der Waals surface area (Å²) in [7, 11) is -2.67. The molecular weight excluding hydrogens is 533 g/mol. The van der Waals surface area contributed by atoms with Crippen LogP contribution in [0.15, 0.2) is 24.3 Å². The number of hydrogen-bond donors (Lipinski definition) is 0. The predicted octanol–water partition coefficient (Wildman–Crippen LogP) is 9.90. The van der Waals surface area contributed by atoms with Crippen LogP contribution < -0.4 is 0 Å². The van der Waals surface area contributed by atoms with E-state index in [0.29, 0.717) is 5.92 Å². The molecule has 2 aliphatic rings. The summed E-state index contributed by atoms with van der Waals surface area (Å²) in [5, 5.41) is 0.245. The monoisotopic (exact) mass is 594 g/mol. The third kappa shape index (κ3) is 8.14. The second-order valence-electron chi connectivity index (χ2n) is 16.2. The van der Waals surface area contributed by atoms with Crippen LogP contribution in [0, 0.1) is 23.2 Å². The molecule has 2 saturated carbocycles. The lowest BCUT2D eigenvalue weighted by molar-refractivity contribution is 0.0306. The van der Waals surface area contributed by atoms with Crippen molar-refractivity contribution in [1.82, 2.24) is 0 Å². The van der Waals surface area contributed by atoms with Gasteiger partial charge in [0.25, 0.3) is 0 Å². The number of rotatable bonds is 11. The van der Waals surface area contributed by atoms with Crippen molar-refractivity contribution in [3.05, 3.63) is 24.3 Å². The molecule has 0 spiro atoms. The molecule has 0 saturated heterocycles. The van der Waals surface area contributed by atoms with Crippen molar-refractivity contribution in [3.8, 4) is 0 Å². The third-order valence-electron chi connectivity index (χ3n) is 10.6. The van der Waals surface area contributed by atoms with E-state index in [0.717, 1.165) is 24.8 Å². The summed E-state index contributed by atoms with van der Waals surface area (Å²) in [6.07, 6.45) is 9.15. The van der Waals surface area contributed by atoms with Gasteiger partial charge in [0.1, 0.15) is 6.10 Å². The molecule has 6 atom stereocenters. The number of hydrogen-bond acceptors (Lipinski definition) is 5. The number of ether oxygens (including phenoxy) is 2.